The summed E-state index contributed by atoms with van der Waals surface area (Å²) in [5.41, 5.74) is 0.724. The van der Waals surface area contributed by atoms with Crippen molar-refractivity contribution in [2.75, 3.05) is 19.6 Å². The zero-order valence-corrected chi connectivity index (χ0v) is 12.3. The van der Waals surface area contributed by atoms with Crippen molar-refractivity contribution in [3.63, 3.8) is 0 Å². The largest absolute Gasteiger partial charge is 0.317 e. The van der Waals surface area contributed by atoms with Crippen LogP contribution in [0.5, 0.6) is 0 Å². The first-order valence-corrected chi connectivity index (χ1v) is 7.44. The van der Waals surface area contributed by atoms with E-state index in [-0.39, 0.29) is 0 Å². The standard InChI is InChI=1S/C16H24F2N2/c1-12(2)10-20(16-3-5-19-6-4-16)11-13-7-14(17)9-15(18)8-13/h7-9,12,16,19H,3-6,10-11H2,1-2H3. The Morgan fingerprint density at radius 2 is 1.75 bits per heavy atom. The third kappa shape index (κ3) is 4.53. The van der Waals surface area contributed by atoms with Crippen molar-refractivity contribution in [2.24, 2.45) is 5.92 Å². The van der Waals surface area contributed by atoms with Crippen molar-refractivity contribution in [1.82, 2.24) is 10.2 Å². The summed E-state index contributed by atoms with van der Waals surface area (Å²) in [6, 6.07) is 4.32. The molecule has 1 aliphatic heterocycles. The fourth-order valence-corrected chi connectivity index (χ4v) is 2.92. The summed E-state index contributed by atoms with van der Waals surface area (Å²) in [5, 5.41) is 3.36. The van der Waals surface area contributed by atoms with E-state index in [1.807, 2.05) is 0 Å². The molecule has 0 spiro atoms. The van der Waals surface area contributed by atoms with Crippen LogP contribution in [-0.4, -0.2) is 30.6 Å². The molecule has 1 saturated heterocycles. The zero-order valence-electron chi connectivity index (χ0n) is 12.3. The van der Waals surface area contributed by atoms with Crippen LogP contribution in [0.25, 0.3) is 0 Å². The van der Waals surface area contributed by atoms with Gasteiger partial charge in [-0.15, -0.1) is 0 Å². The average molecular weight is 282 g/mol. The molecule has 2 nitrogen and oxygen atoms in total. The summed E-state index contributed by atoms with van der Waals surface area (Å²) in [7, 11) is 0. The summed E-state index contributed by atoms with van der Waals surface area (Å²) in [6.45, 7) is 7.99. The lowest BCUT2D eigenvalue weighted by molar-refractivity contribution is 0.137. The minimum atomic E-state index is -0.491. The van der Waals surface area contributed by atoms with Crippen molar-refractivity contribution < 1.29 is 8.78 Å². The monoisotopic (exact) mass is 282 g/mol. The van der Waals surface area contributed by atoms with Gasteiger partial charge in [0.1, 0.15) is 11.6 Å². The first-order valence-electron chi connectivity index (χ1n) is 7.44. The number of nitrogens with zero attached hydrogens (tertiary/aromatic N) is 1. The van der Waals surface area contributed by atoms with Crippen molar-refractivity contribution in [1.29, 1.82) is 0 Å². The summed E-state index contributed by atoms with van der Waals surface area (Å²) in [5.74, 6) is -0.437. The molecule has 1 aliphatic rings. The van der Waals surface area contributed by atoms with E-state index in [2.05, 4.69) is 24.1 Å². The SMILES string of the molecule is CC(C)CN(Cc1cc(F)cc(F)c1)C1CCNCC1. The fraction of sp³-hybridized carbons (Fsp3) is 0.625. The third-order valence-electron chi connectivity index (χ3n) is 3.73. The lowest BCUT2D eigenvalue weighted by Crippen LogP contribution is -2.44. The molecule has 0 atom stereocenters. The predicted molar refractivity (Wildman–Crippen MR) is 77.5 cm³/mol. The Labute approximate surface area is 120 Å². The summed E-state index contributed by atoms with van der Waals surface area (Å²) >= 11 is 0. The Morgan fingerprint density at radius 1 is 1.15 bits per heavy atom. The highest BCUT2D eigenvalue weighted by Crippen LogP contribution is 2.18. The van der Waals surface area contributed by atoms with E-state index in [0.29, 0.717) is 18.5 Å². The summed E-state index contributed by atoms with van der Waals surface area (Å²) in [4.78, 5) is 2.37. The van der Waals surface area contributed by atoms with E-state index in [4.69, 9.17) is 0 Å². The van der Waals surface area contributed by atoms with Crippen molar-refractivity contribution in [3.05, 3.63) is 35.4 Å². The maximum absolute atomic E-state index is 13.3. The predicted octanol–water partition coefficient (Wildman–Crippen LogP) is 3.17. The van der Waals surface area contributed by atoms with Gasteiger partial charge in [0.25, 0.3) is 0 Å². The van der Waals surface area contributed by atoms with Crippen LogP contribution in [0, 0.1) is 17.6 Å². The number of benzene rings is 1. The number of halogens is 2. The highest BCUT2D eigenvalue weighted by Gasteiger charge is 2.22. The quantitative estimate of drug-likeness (QED) is 0.892. The number of piperidine rings is 1. The first-order chi connectivity index (χ1) is 9.54. The van der Waals surface area contributed by atoms with Crippen LogP contribution in [-0.2, 0) is 6.54 Å². The van der Waals surface area contributed by atoms with Crippen molar-refractivity contribution in [2.45, 2.75) is 39.3 Å². The molecular formula is C16H24F2N2. The highest BCUT2D eigenvalue weighted by molar-refractivity contribution is 5.18. The van der Waals surface area contributed by atoms with Gasteiger partial charge in [-0.2, -0.15) is 0 Å². The molecule has 0 unspecified atom stereocenters. The van der Waals surface area contributed by atoms with Gasteiger partial charge in [0, 0.05) is 25.2 Å². The molecule has 1 N–H and O–H groups in total. The lowest BCUT2D eigenvalue weighted by Gasteiger charge is -2.35. The number of hydrogen-bond acceptors (Lipinski definition) is 2. The summed E-state index contributed by atoms with van der Waals surface area (Å²) < 4.78 is 26.6. The second kappa shape index (κ2) is 7.14. The molecule has 0 saturated carbocycles. The molecule has 0 aliphatic carbocycles. The van der Waals surface area contributed by atoms with Crippen LogP contribution >= 0.6 is 0 Å². The maximum Gasteiger partial charge on any atom is 0.126 e. The van der Waals surface area contributed by atoms with Crippen LogP contribution in [0.3, 0.4) is 0 Å². The first kappa shape index (κ1) is 15.4. The smallest absolute Gasteiger partial charge is 0.126 e. The van der Waals surface area contributed by atoms with Crippen LogP contribution in [0.15, 0.2) is 18.2 Å². The Morgan fingerprint density at radius 3 is 2.30 bits per heavy atom. The van der Waals surface area contributed by atoms with Crippen LogP contribution in [0.2, 0.25) is 0 Å². The molecule has 4 heteroatoms. The molecule has 20 heavy (non-hydrogen) atoms. The molecule has 1 aromatic carbocycles. The second-order valence-electron chi connectivity index (χ2n) is 6.08. The lowest BCUT2D eigenvalue weighted by atomic mass is 10.0. The van der Waals surface area contributed by atoms with Gasteiger partial charge < -0.3 is 5.32 Å². The van der Waals surface area contributed by atoms with Crippen molar-refractivity contribution >= 4 is 0 Å². The average Bonchev–Trinajstić information content (AvgIpc) is 2.37. The number of nitrogens with one attached hydrogen (secondary N) is 1. The topological polar surface area (TPSA) is 15.3 Å². The van der Waals surface area contributed by atoms with Gasteiger partial charge in [0.05, 0.1) is 0 Å². The Hall–Kier alpha value is -1.00. The van der Waals surface area contributed by atoms with Gasteiger partial charge in [0.15, 0.2) is 0 Å². The minimum absolute atomic E-state index is 0.491. The molecule has 0 aromatic heterocycles. The van der Waals surface area contributed by atoms with Crippen LogP contribution in [0.4, 0.5) is 8.78 Å². The van der Waals surface area contributed by atoms with Crippen molar-refractivity contribution in [3.8, 4) is 0 Å². The maximum atomic E-state index is 13.3. The van der Waals surface area contributed by atoms with Gasteiger partial charge in [0.2, 0.25) is 0 Å². The number of rotatable bonds is 5. The van der Waals surface area contributed by atoms with E-state index in [9.17, 15) is 8.78 Å². The van der Waals surface area contributed by atoms with E-state index in [1.165, 1.54) is 12.1 Å². The molecular weight excluding hydrogens is 258 g/mol. The molecule has 2 rings (SSSR count). The van der Waals surface area contributed by atoms with Gasteiger partial charge in [-0.1, -0.05) is 13.8 Å². The normalized spacial score (nSPS) is 17.1. The van der Waals surface area contributed by atoms with E-state index in [0.717, 1.165) is 44.1 Å². The molecule has 1 fully saturated rings. The van der Waals surface area contributed by atoms with Crippen LogP contribution in [0.1, 0.15) is 32.3 Å². The Kier molecular flexibility index (Phi) is 5.49. The van der Waals surface area contributed by atoms with E-state index >= 15 is 0 Å². The molecule has 1 heterocycles. The fourth-order valence-electron chi connectivity index (χ4n) is 2.92. The van der Waals surface area contributed by atoms with Gasteiger partial charge >= 0.3 is 0 Å². The second-order valence-corrected chi connectivity index (χ2v) is 6.08. The number of hydrogen-bond donors (Lipinski definition) is 1. The minimum Gasteiger partial charge on any atom is -0.317 e. The third-order valence-corrected chi connectivity index (χ3v) is 3.73. The Balaban J connectivity index is 2.09. The summed E-state index contributed by atoms with van der Waals surface area (Å²) in [6.07, 6.45) is 2.20. The van der Waals surface area contributed by atoms with E-state index < -0.39 is 11.6 Å². The van der Waals surface area contributed by atoms with Gasteiger partial charge in [-0.25, -0.2) is 8.78 Å². The molecule has 0 bridgehead atoms. The van der Waals surface area contributed by atoms with E-state index in [1.54, 1.807) is 0 Å². The molecule has 0 radical (unpaired) electrons. The van der Waals surface area contributed by atoms with Gasteiger partial charge in [-0.3, -0.25) is 4.90 Å². The molecule has 112 valence electrons. The zero-order chi connectivity index (χ0) is 14.5. The van der Waals surface area contributed by atoms with Crippen LogP contribution < -0.4 is 5.32 Å². The molecule has 1 aromatic rings. The highest BCUT2D eigenvalue weighted by atomic mass is 19.1. The Bertz CT molecular complexity index is 408. The molecule has 0 amide bonds. The van der Waals surface area contributed by atoms with Gasteiger partial charge in [-0.05, 0) is 49.5 Å².